The molecule has 0 unspecified atom stereocenters. The quantitative estimate of drug-likeness (QED) is 0.825. The number of nitrogens with one attached hydrogen (secondary N) is 1. The molecule has 0 amide bonds. The van der Waals surface area contributed by atoms with Crippen LogP contribution < -0.4 is 5.32 Å². The lowest BCUT2D eigenvalue weighted by atomic mass is 9.54. The summed E-state index contributed by atoms with van der Waals surface area (Å²) in [4.78, 5) is 1.57. The van der Waals surface area contributed by atoms with Crippen LogP contribution in [0.1, 0.15) is 38.5 Å². The standard InChI is InChI=1S/C13H21NS/c1-4-14-10-13(8-12(2,3)9-13)11-6-5-7-15-11/h5-7,14H,4,8-10H2,1-3H3. The molecule has 0 atom stereocenters. The molecule has 1 saturated carbocycles. The first kappa shape index (κ1) is 11.2. The molecule has 1 fully saturated rings. The van der Waals surface area contributed by atoms with Gasteiger partial charge >= 0.3 is 0 Å². The SMILES string of the molecule is CCNCC1(c2cccs2)CC(C)(C)C1. The van der Waals surface area contributed by atoms with Crippen LogP contribution in [0.15, 0.2) is 17.5 Å². The Morgan fingerprint density at radius 1 is 1.40 bits per heavy atom. The molecule has 1 aliphatic carbocycles. The minimum absolute atomic E-state index is 0.438. The predicted molar refractivity (Wildman–Crippen MR) is 67.6 cm³/mol. The number of hydrogen-bond donors (Lipinski definition) is 1. The predicted octanol–water partition coefficient (Wildman–Crippen LogP) is 3.42. The molecular weight excluding hydrogens is 202 g/mol. The van der Waals surface area contributed by atoms with Crippen molar-refractivity contribution < 1.29 is 0 Å². The van der Waals surface area contributed by atoms with Gasteiger partial charge in [-0.3, -0.25) is 0 Å². The zero-order valence-electron chi connectivity index (χ0n) is 9.97. The minimum Gasteiger partial charge on any atom is -0.316 e. The molecule has 0 aliphatic heterocycles. The van der Waals surface area contributed by atoms with Crippen LogP contribution in [0, 0.1) is 5.41 Å². The van der Waals surface area contributed by atoms with Crippen molar-refractivity contribution in [3.05, 3.63) is 22.4 Å². The molecule has 1 aromatic heterocycles. The van der Waals surface area contributed by atoms with Crippen LogP contribution >= 0.6 is 11.3 Å². The summed E-state index contributed by atoms with van der Waals surface area (Å²) in [6.45, 7) is 9.17. The Labute approximate surface area is 96.9 Å². The molecule has 1 heterocycles. The zero-order chi connectivity index (χ0) is 10.9. The van der Waals surface area contributed by atoms with Crippen LogP contribution in [0.25, 0.3) is 0 Å². The topological polar surface area (TPSA) is 12.0 Å². The Morgan fingerprint density at radius 3 is 2.60 bits per heavy atom. The van der Waals surface area contributed by atoms with E-state index in [9.17, 15) is 0 Å². The van der Waals surface area contributed by atoms with Gasteiger partial charge in [0.15, 0.2) is 0 Å². The van der Waals surface area contributed by atoms with Gasteiger partial charge in [-0.2, -0.15) is 0 Å². The summed E-state index contributed by atoms with van der Waals surface area (Å²) in [5.41, 5.74) is 0.979. The van der Waals surface area contributed by atoms with E-state index in [4.69, 9.17) is 0 Å². The first-order valence-electron chi connectivity index (χ1n) is 5.83. The van der Waals surface area contributed by atoms with Crippen LogP contribution in [0.3, 0.4) is 0 Å². The van der Waals surface area contributed by atoms with Crippen molar-refractivity contribution in [1.29, 1.82) is 0 Å². The fourth-order valence-electron chi connectivity index (χ4n) is 3.11. The van der Waals surface area contributed by atoms with Crippen molar-refractivity contribution in [2.45, 2.75) is 39.0 Å². The Hall–Kier alpha value is -0.340. The molecule has 0 saturated heterocycles. The second kappa shape index (κ2) is 3.91. The van der Waals surface area contributed by atoms with Crippen LogP contribution in [-0.2, 0) is 5.41 Å². The summed E-state index contributed by atoms with van der Waals surface area (Å²) >= 11 is 1.92. The Morgan fingerprint density at radius 2 is 2.13 bits per heavy atom. The van der Waals surface area contributed by atoms with E-state index >= 15 is 0 Å². The van der Waals surface area contributed by atoms with Gasteiger partial charge in [-0.15, -0.1) is 11.3 Å². The van der Waals surface area contributed by atoms with Gasteiger partial charge in [-0.25, -0.2) is 0 Å². The lowest BCUT2D eigenvalue weighted by molar-refractivity contribution is 0.0595. The molecule has 0 spiro atoms. The molecule has 0 aromatic carbocycles. The van der Waals surface area contributed by atoms with Gasteiger partial charge in [0, 0.05) is 16.8 Å². The van der Waals surface area contributed by atoms with Gasteiger partial charge < -0.3 is 5.32 Å². The first-order valence-corrected chi connectivity index (χ1v) is 6.71. The molecule has 15 heavy (non-hydrogen) atoms. The Kier molecular flexibility index (Phi) is 2.91. The van der Waals surface area contributed by atoms with Crippen molar-refractivity contribution in [1.82, 2.24) is 5.32 Å². The minimum atomic E-state index is 0.438. The highest BCUT2D eigenvalue weighted by Crippen LogP contribution is 2.55. The number of rotatable bonds is 4. The van der Waals surface area contributed by atoms with Gasteiger partial charge in [0.2, 0.25) is 0 Å². The molecule has 1 aromatic rings. The lowest BCUT2D eigenvalue weighted by Crippen LogP contribution is -2.52. The van der Waals surface area contributed by atoms with Crippen molar-refractivity contribution in [2.75, 3.05) is 13.1 Å². The maximum Gasteiger partial charge on any atom is 0.0182 e. The average molecular weight is 223 g/mol. The molecule has 1 aliphatic rings. The summed E-state index contributed by atoms with van der Waals surface area (Å²) in [5.74, 6) is 0. The molecule has 2 heteroatoms. The molecule has 1 nitrogen and oxygen atoms in total. The van der Waals surface area contributed by atoms with Crippen LogP contribution in [0.2, 0.25) is 0 Å². The maximum absolute atomic E-state index is 3.52. The van der Waals surface area contributed by atoms with Crippen LogP contribution in [0.5, 0.6) is 0 Å². The third-order valence-electron chi connectivity index (χ3n) is 3.39. The molecule has 0 radical (unpaired) electrons. The maximum atomic E-state index is 3.52. The van der Waals surface area contributed by atoms with E-state index in [0.717, 1.165) is 13.1 Å². The second-order valence-corrected chi connectivity index (χ2v) is 6.50. The zero-order valence-corrected chi connectivity index (χ0v) is 10.8. The highest BCUT2D eigenvalue weighted by Gasteiger charge is 2.50. The number of thiophene rings is 1. The van der Waals surface area contributed by atoms with E-state index < -0.39 is 0 Å². The van der Waals surface area contributed by atoms with Crippen molar-refractivity contribution in [2.24, 2.45) is 5.41 Å². The van der Waals surface area contributed by atoms with Crippen molar-refractivity contribution >= 4 is 11.3 Å². The molecule has 84 valence electrons. The third kappa shape index (κ3) is 2.11. The van der Waals surface area contributed by atoms with E-state index in [-0.39, 0.29) is 0 Å². The van der Waals surface area contributed by atoms with Gasteiger partial charge in [-0.1, -0.05) is 26.8 Å². The van der Waals surface area contributed by atoms with Gasteiger partial charge in [0.1, 0.15) is 0 Å². The van der Waals surface area contributed by atoms with Gasteiger partial charge in [0.25, 0.3) is 0 Å². The Bertz CT molecular complexity index is 305. The fraction of sp³-hybridized carbons (Fsp3) is 0.692. The highest BCUT2D eigenvalue weighted by atomic mass is 32.1. The molecule has 0 bridgehead atoms. The number of hydrogen-bond acceptors (Lipinski definition) is 2. The smallest absolute Gasteiger partial charge is 0.0182 e. The fourth-order valence-corrected chi connectivity index (χ4v) is 4.04. The van der Waals surface area contributed by atoms with Crippen LogP contribution in [-0.4, -0.2) is 13.1 Å². The molecular formula is C13H21NS. The normalized spacial score (nSPS) is 22.3. The van der Waals surface area contributed by atoms with E-state index in [1.54, 1.807) is 4.88 Å². The molecule has 1 N–H and O–H groups in total. The second-order valence-electron chi connectivity index (χ2n) is 5.56. The first-order chi connectivity index (χ1) is 7.08. The average Bonchev–Trinajstić information content (AvgIpc) is 2.63. The van der Waals surface area contributed by atoms with E-state index in [0.29, 0.717) is 10.8 Å². The summed E-state index contributed by atoms with van der Waals surface area (Å²) < 4.78 is 0. The van der Waals surface area contributed by atoms with Crippen molar-refractivity contribution in [3.63, 3.8) is 0 Å². The van der Waals surface area contributed by atoms with Gasteiger partial charge in [-0.05, 0) is 36.2 Å². The third-order valence-corrected chi connectivity index (χ3v) is 4.51. The summed E-state index contributed by atoms with van der Waals surface area (Å²) in [7, 11) is 0. The number of likely N-dealkylation sites (N-methyl/N-ethyl adjacent to an activating group) is 1. The van der Waals surface area contributed by atoms with Gasteiger partial charge in [0.05, 0.1) is 0 Å². The molecule has 2 rings (SSSR count). The Balaban J connectivity index is 2.12. The van der Waals surface area contributed by atoms with E-state index in [1.807, 2.05) is 11.3 Å². The van der Waals surface area contributed by atoms with Crippen LogP contribution in [0.4, 0.5) is 0 Å². The van der Waals surface area contributed by atoms with E-state index in [2.05, 4.69) is 43.6 Å². The summed E-state index contributed by atoms with van der Waals surface area (Å²) in [6, 6.07) is 4.48. The lowest BCUT2D eigenvalue weighted by Gasteiger charge is -2.53. The van der Waals surface area contributed by atoms with E-state index in [1.165, 1.54) is 12.8 Å². The largest absolute Gasteiger partial charge is 0.316 e. The highest BCUT2D eigenvalue weighted by molar-refractivity contribution is 7.10. The monoisotopic (exact) mass is 223 g/mol. The summed E-state index contributed by atoms with van der Waals surface area (Å²) in [5, 5.41) is 5.73. The summed E-state index contributed by atoms with van der Waals surface area (Å²) in [6.07, 6.45) is 2.65. The van der Waals surface area contributed by atoms with Crippen molar-refractivity contribution in [3.8, 4) is 0 Å².